The van der Waals surface area contributed by atoms with E-state index >= 15 is 0 Å². The van der Waals surface area contributed by atoms with Crippen LogP contribution in [0.25, 0.3) is 0 Å². The van der Waals surface area contributed by atoms with E-state index in [4.69, 9.17) is 0 Å². The third-order valence-corrected chi connectivity index (χ3v) is 1.92. The van der Waals surface area contributed by atoms with Gasteiger partial charge in [0.2, 0.25) is 0 Å². The summed E-state index contributed by atoms with van der Waals surface area (Å²) in [4.78, 5) is 11.8. The lowest BCUT2D eigenvalue weighted by atomic mass is 10.3. The molecule has 0 aromatic rings. The van der Waals surface area contributed by atoms with Crippen molar-refractivity contribution < 1.29 is 4.79 Å². The summed E-state index contributed by atoms with van der Waals surface area (Å²) < 4.78 is 0. The Morgan fingerprint density at radius 2 is 1.73 bits per heavy atom. The monoisotopic (exact) mass is 208 g/mol. The van der Waals surface area contributed by atoms with Crippen molar-refractivity contribution in [2.24, 2.45) is 0 Å². The average molecular weight is 208 g/mol. The molecule has 0 saturated heterocycles. The standard InChI is InChI=1S/C12H20N2O/c1-6-9-13(10-7-2)14(8-3)12(15)11(4)5/h6-7H,1-2,4,8-10H2,3,5H3. The molecule has 0 aromatic carbocycles. The minimum Gasteiger partial charge on any atom is -0.271 e. The van der Waals surface area contributed by atoms with Crippen LogP contribution in [0.4, 0.5) is 0 Å². The van der Waals surface area contributed by atoms with Gasteiger partial charge in [0.1, 0.15) is 0 Å². The number of amides is 1. The van der Waals surface area contributed by atoms with E-state index in [0.29, 0.717) is 25.2 Å². The molecule has 15 heavy (non-hydrogen) atoms. The maximum atomic E-state index is 11.8. The van der Waals surface area contributed by atoms with Crippen molar-refractivity contribution in [3.8, 4) is 0 Å². The normalized spacial score (nSPS) is 9.80. The third-order valence-electron chi connectivity index (χ3n) is 1.92. The second kappa shape index (κ2) is 7.01. The molecule has 0 spiro atoms. The summed E-state index contributed by atoms with van der Waals surface area (Å²) in [5.74, 6) is -0.0544. The van der Waals surface area contributed by atoms with E-state index in [0.717, 1.165) is 0 Å². The summed E-state index contributed by atoms with van der Waals surface area (Å²) in [5.41, 5.74) is 0.537. The van der Waals surface area contributed by atoms with Crippen LogP contribution in [-0.4, -0.2) is 35.6 Å². The minimum absolute atomic E-state index is 0.0544. The highest BCUT2D eigenvalue weighted by Gasteiger charge is 2.17. The molecule has 0 saturated carbocycles. The Balaban J connectivity index is 4.70. The Labute approximate surface area is 92.3 Å². The first-order valence-electron chi connectivity index (χ1n) is 5.02. The molecule has 0 fully saturated rings. The van der Waals surface area contributed by atoms with Gasteiger partial charge < -0.3 is 0 Å². The maximum absolute atomic E-state index is 11.8. The van der Waals surface area contributed by atoms with Crippen molar-refractivity contribution in [2.45, 2.75) is 13.8 Å². The molecule has 3 heteroatoms. The van der Waals surface area contributed by atoms with Gasteiger partial charge in [-0.25, -0.2) is 5.01 Å². The maximum Gasteiger partial charge on any atom is 0.263 e. The molecule has 84 valence electrons. The van der Waals surface area contributed by atoms with E-state index in [1.807, 2.05) is 11.9 Å². The predicted molar refractivity (Wildman–Crippen MR) is 64.2 cm³/mol. The van der Waals surface area contributed by atoms with E-state index in [1.165, 1.54) is 0 Å². The number of nitrogens with zero attached hydrogens (tertiary/aromatic N) is 2. The first kappa shape index (κ1) is 13.7. The van der Waals surface area contributed by atoms with Gasteiger partial charge in [-0.1, -0.05) is 18.7 Å². The van der Waals surface area contributed by atoms with E-state index in [9.17, 15) is 4.79 Å². The Morgan fingerprint density at radius 1 is 1.27 bits per heavy atom. The van der Waals surface area contributed by atoms with Crippen LogP contribution in [0.5, 0.6) is 0 Å². The SMILES string of the molecule is C=CCN(CC=C)N(CC)C(=O)C(=C)C. The van der Waals surface area contributed by atoms with Crippen molar-refractivity contribution in [1.82, 2.24) is 10.0 Å². The second-order valence-corrected chi connectivity index (χ2v) is 3.25. The largest absolute Gasteiger partial charge is 0.271 e. The highest BCUT2D eigenvalue weighted by atomic mass is 16.2. The number of hydrazine groups is 1. The van der Waals surface area contributed by atoms with Gasteiger partial charge in [0.25, 0.3) is 5.91 Å². The third kappa shape index (κ3) is 4.13. The van der Waals surface area contributed by atoms with Gasteiger partial charge >= 0.3 is 0 Å². The molecule has 1 amide bonds. The number of carbonyl (C=O) groups excluding carboxylic acids is 1. The van der Waals surface area contributed by atoms with Crippen LogP contribution in [0.2, 0.25) is 0 Å². The van der Waals surface area contributed by atoms with Gasteiger partial charge in [0, 0.05) is 25.2 Å². The van der Waals surface area contributed by atoms with Gasteiger partial charge in [-0.3, -0.25) is 9.80 Å². The van der Waals surface area contributed by atoms with Gasteiger partial charge in [-0.2, -0.15) is 0 Å². The van der Waals surface area contributed by atoms with Gasteiger partial charge in [-0.15, -0.1) is 13.2 Å². The lowest BCUT2D eigenvalue weighted by molar-refractivity contribution is -0.142. The van der Waals surface area contributed by atoms with Gasteiger partial charge in [0.05, 0.1) is 0 Å². The smallest absolute Gasteiger partial charge is 0.263 e. The Morgan fingerprint density at radius 3 is 2.00 bits per heavy atom. The van der Waals surface area contributed by atoms with Crippen LogP contribution >= 0.6 is 0 Å². The number of carbonyl (C=O) groups is 1. The first-order valence-corrected chi connectivity index (χ1v) is 5.02. The fraction of sp³-hybridized carbons (Fsp3) is 0.417. The zero-order valence-electron chi connectivity index (χ0n) is 9.70. The highest BCUT2D eigenvalue weighted by molar-refractivity contribution is 5.91. The number of hydrogen-bond acceptors (Lipinski definition) is 2. The zero-order valence-corrected chi connectivity index (χ0v) is 9.70. The highest BCUT2D eigenvalue weighted by Crippen LogP contribution is 2.04. The van der Waals surface area contributed by atoms with E-state index < -0.39 is 0 Å². The summed E-state index contributed by atoms with van der Waals surface area (Å²) in [6.45, 7) is 16.5. The molecular weight excluding hydrogens is 188 g/mol. The molecule has 3 nitrogen and oxygen atoms in total. The molecule has 0 aromatic heterocycles. The van der Waals surface area contributed by atoms with E-state index in [2.05, 4.69) is 19.7 Å². The molecule has 0 aliphatic carbocycles. The molecule has 0 radical (unpaired) electrons. The second-order valence-electron chi connectivity index (χ2n) is 3.25. The number of likely N-dealkylation sites (N-methyl/N-ethyl adjacent to an activating group) is 1. The van der Waals surface area contributed by atoms with E-state index in [1.54, 1.807) is 24.1 Å². The Kier molecular flexibility index (Phi) is 6.38. The summed E-state index contributed by atoms with van der Waals surface area (Å²) in [6.07, 6.45) is 3.52. The minimum atomic E-state index is -0.0544. The van der Waals surface area contributed by atoms with Crippen LogP contribution < -0.4 is 0 Å². The molecule has 0 N–H and O–H groups in total. The predicted octanol–water partition coefficient (Wildman–Crippen LogP) is 2.00. The average Bonchev–Trinajstić information content (AvgIpc) is 2.19. The van der Waals surface area contributed by atoms with Crippen LogP contribution in [0.1, 0.15) is 13.8 Å². The van der Waals surface area contributed by atoms with Crippen molar-refractivity contribution in [1.29, 1.82) is 0 Å². The Hall–Kier alpha value is -1.35. The van der Waals surface area contributed by atoms with Crippen molar-refractivity contribution in [3.63, 3.8) is 0 Å². The number of hydrogen-bond donors (Lipinski definition) is 0. The molecule has 0 atom stereocenters. The molecule has 0 rings (SSSR count). The molecule has 0 unspecified atom stereocenters. The molecule has 0 heterocycles. The first-order chi connectivity index (χ1) is 7.08. The summed E-state index contributed by atoms with van der Waals surface area (Å²) in [7, 11) is 0. The lowest BCUT2D eigenvalue weighted by Gasteiger charge is -2.32. The summed E-state index contributed by atoms with van der Waals surface area (Å²) in [6, 6.07) is 0. The molecule has 0 aliphatic rings. The fourth-order valence-electron chi connectivity index (χ4n) is 1.26. The number of rotatable bonds is 7. The van der Waals surface area contributed by atoms with Crippen LogP contribution in [-0.2, 0) is 4.79 Å². The summed E-state index contributed by atoms with van der Waals surface area (Å²) >= 11 is 0. The fourth-order valence-corrected chi connectivity index (χ4v) is 1.26. The Bertz CT molecular complexity index is 248. The van der Waals surface area contributed by atoms with Crippen molar-refractivity contribution >= 4 is 5.91 Å². The topological polar surface area (TPSA) is 23.6 Å². The summed E-state index contributed by atoms with van der Waals surface area (Å²) in [5, 5.41) is 3.54. The van der Waals surface area contributed by atoms with Gasteiger partial charge in [-0.05, 0) is 13.8 Å². The van der Waals surface area contributed by atoms with Crippen LogP contribution in [0, 0.1) is 0 Å². The van der Waals surface area contributed by atoms with Crippen molar-refractivity contribution in [2.75, 3.05) is 19.6 Å². The lowest BCUT2D eigenvalue weighted by Crippen LogP contribution is -2.46. The molecule has 0 bridgehead atoms. The molecule has 0 aliphatic heterocycles. The van der Waals surface area contributed by atoms with Crippen LogP contribution in [0.15, 0.2) is 37.5 Å². The van der Waals surface area contributed by atoms with E-state index in [-0.39, 0.29) is 5.91 Å². The van der Waals surface area contributed by atoms with Crippen LogP contribution in [0.3, 0.4) is 0 Å². The van der Waals surface area contributed by atoms with Crippen molar-refractivity contribution in [3.05, 3.63) is 37.5 Å². The zero-order chi connectivity index (χ0) is 11.8. The van der Waals surface area contributed by atoms with Gasteiger partial charge in [0.15, 0.2) is 0 Å². The molecular formula is C12H20N2O. The quantitative estimate of drug-likeness (QED) is 0.363.